The summed E-state index contributed by atoms with van der Waals surface area (Å²) < 4.78 is 2.16. The van der Waals surface area contributed by atoms with E-state index in [9.17, 15) is 0 Å². The smallest absolute Gasteiger partial charge is 0.0401 e. The van der Waals surface area contributed by atoms with E-state index in [4.69, 9.17) is 0 Å². The summed E-state index contributed by atoms with van der Waals surface area (Å²) in [5, 5.41) is 3.55. The third-order valence-electron chi connectivity index (χ3n) is 3.20. The minimum Gasteiger partial charge on any atom is -0.381 e. The largest absolute Gasteiger partial charge is 0.381 e. The van der Waals surface area contributed by atoms with Crippen LogP contribution in [0.3, 0.4) is 0 Å². The topological polar surface area (TPSA) is 12.0 Å². The summed E-state index contributed by atoms with van der Waals surface area (Å²) in [7, 11) is 0. The Balaban J connectivity index is 2.17. The molecule has 0 fully saturated rings. The fourth-order valence-corrected chi connectivity index (χ4v) is 2.81. The predicted octanol–water partition coefficient (Wildman–Crippen LogP) is 6.12. The molecule has 1 nitrogen and oxygen atoms in total. The van der Waals surface area contributed by atoms with E-state index in [0.717, 1.165) is 15.5 Å². The van der Waals surface area contributed by atoms with Gasteiger partial charge < -0.3 is 5.32 Å². The first-order valence-electron chi connectivity index (χ1n) is 6.65. The summed E-state index contributed by atoms with van der Waals surface area (Å²) in [4.78, 5) is 0. The first-order chi connectivity index (χ1) is 9.38. The molecule has 0 unspecified atom stereocenters. The molecule has 0 saturated carbocycles. The third-order valence-corrected chi connectivity index (χ3v) is 5.08. The molecule has 0 atom stereocenters. The van der Waals surface area contributed by atoms with E-state index in [2.05, 4.69) is 100 Å². The van der Waals surface area contributed by atoms with Crippen LogP contribution in [0.5, 0.6) is 0 Å². The summed E-state index contributed by atoms with van der Waals surface area (Å²) in [6.07, 6.45) is 0. The SMILES string of the molecule is CC(C)(C)c1ccccc1NCc1ccc(Br)c(Br)c1. The molecule has 2 rings (SSSR count). The van der Waals surface area contributed by atoms with Crippen LogP contribution in [0.25, 0.3) is 0 Å². The Hall–Kier alpha value is -0.800. The lowest BCUT2D eigenvalue weighted by Gasteiger charge is -2.23. The molecule has 106 valence electrons. The molecule has 3 heteroatoms. The van der Waals surface area contributed by atoms with Gasteiger partial charge in [0.1, 0.15) is 0 Å². The molecule has 0 heterocycles. The highest BCUT2D eigenvalue weighted by molar-refractivity contribution is 9.13. The van der Waals surface area contributed by atoms with Gasteiger partial charge in [-0.1, -0.05) is 45.0 Å². The van der Waals surface area contributed by atoms with Gasteiger partial charge in [-0.2, -0.15) is 0 Å². The highest BCUT2D eigenvalue weighted by atomic mass is 79.9. The van der Waals surface area contributed by atoms with Crippen molar-refractivity contribution in [1.82, 2.24) is 0 Å². The Bertz CT molecular complexity index is 600. The van der Waals surface area contributed by atoms with E-state index in [1.165, 1.54) is 16.8 Å². The van der Waals surface area contributed by atoms with Crippen LogP contribution in [0.2, 0.25) is 0 Å². The number of halogens is 2. The van der Waals surface area contributed by atoms with Crippen molar-refractivity contribution in [2.24, 2.45) is 0 Å². The van der Waals surface area contributed by atoms with Crippen LogP contribution in [0, 0.1) is 0 Å². The number of hydrogen-bond acceptors (Lipinski definition) is 1. The second-order valence-corrected chi connectivity index (χ2v) is 7.61. The van der Waals surface area contributed by atoms with Crippen LogP contribution in [0.4, 0.5) is 5.69 Å². The first kappa shape index (κ1) is 15.6. The van der Waals surface area contributed by atoms with Crippen LogP contribution >= 0.6 is 31.9 Å². The van der Waals surface area contributed by atoms with Crippen molar-refractivity contribution in [2.75, 3.05) is 5.32 Å². The van der Waals surface area contributed by atoms with Gasteiger partial charge in [-0.3, -0.25) is 0 Å². The Morgan fingerprint density at radius 2 is 1.65 bits per heavy atom. The van der Waals surface area contributed by atoms with Gasteiger partial charge in [0.05, 0.1) is 0 Å². The van der Waals surface area contributed by atoms with E-state index < -0.39 is 0 Å². The lowest BCUT2D eigenvalue weighted by atomic mass is 9.86. The van der Waals surface area contributed by atoms with E-state index in [1.54, 1.807) is 0 Å². The third kappa shape index (κ3) is 3.86. The number of benzene rings is 2. The van der Waals surface area contributed by atoms with Gasteiger partial charge in [0, 0.05) is 21.2 Å². The molecule has 0 aliphatic heterocycles. The maximum absolute atomic E-state index is 3.55. The summed E-state index contributed by atoms with van der Waals surface area (Å²) in [6, 6.07) is 14.8. The average molecular weight is 397 g/mol. The normalized spacial score (nSPS) is 11.4. The molecule has 0 bridgehead atoms. The first-order valence-corrected chi connectivity index (χ1v) is 8.24. The second kappa shape index (κ2) is 6.31. The maximum Gasteiger partial charge on any atom is 0.0401 e. The van der Waals surface area contributed by atoms with Gasteiger partial charge in [-0.15, -0.1) is 0 Å². The van der Waals surface area contributed by atoms with Crippen molar-refractivity contribution in [3.05, 3.63) is 62.5 Å². The fourth-order valence-electron chi connectivity index (χ4n) is 2.14. The van der Waals surface area contributed by atoms with Crippen LogP contribution in [0.15, 0.2) is 51.4 Å². The van der Waals surface area contributed by atoms with Crippen molar-refractivity contribution in [2.45, 2.75) is 32.7 Å². The van der Waals surface area contributed by atoms with Crippen LogP contribution in [-0.4, -0.2) is 0 Å². The summed E-state index contributed by atoms with van der Waals surface area (Å²) in [5.74, 6) is 0. The van der Waals surface area contributed by atoms with Gasteiger partial charge in [0.25, 0.3) is 0 Å². The Kier molecular flexibility index (Phi) is 4.92. The van der Waals surface area contributed by atoms with Crippen molar-refractivity contribution in [3.8, 4) is 0 Å². The molecule has 2 aromatic carbocycles. The van der Waals surface area contributed by atoms with Gasteiger partial charge in [0.2, 0.25) is 0 Å². The molecule has 0 aliphatic carbocycles. The lowest BCUT2D eigenvalue weighted by molar-refractivity contribution is 0.591. The van der Waals surface area contributed by atoms with E-state index >= 15 is 0 Å². The van der Waals surface area contributed by atoms with Crippen molar-refractivity contribution in [1.29, 1.82) is 0 Å². The highest BCUT2D eigenvalue weighted by Crippen LogP contribution is 2.30. The van der Waals surface area contributed by atoms with E-state index in [1.807, 2.05) is 0 Å². The summed E-state index contributed by atoms with van der Waals surface area (Å²) in [6.45, 7) is 7.54. The number of nitrogens with one attached hydrogen (secondary N) is 1. The second-order valence-electron chi connectivity index (χ2n) is 5.90. The Morgan fingerprint density at radius 1 is 0.950 bits per heavy atom. The molecule has 0 amide bonds. The van der Waals surface area contributed by atoms with Crippen molar-refractivity contribution in [3.63, 3.8) is 0 Å². The molecule has 0 radical (unpaired) electrons. The van der Waals surface area contributed by atoms with Gasteiger partial charge in [0.15, 0.2) is 0 Å². The van der Waals surface area contributed by atoms with Gasteiger partial charge in [-0.05, 0) is 66.6 Å². The molecule has 20 heavy (non-hydrogen) atoms. The summed E-state index contributed by atoms with van der Waals surface area (Å²) in [5.41, 5.74) is 3.95. The van der Waals surface area contributed by atoms with E-state index in [0.29, 0.717) is 0 Å². The molecular weight excluding hydrogens is 378 g/mol. The quantitative estimate of drug-likeness (QED) is 0.658. The Labute approximate surface area is 138 Å². The van der Waals surface area contributed by atoms with Crippen LogP contribution in [-0.2, 0) is 12.0 Å². The number of para-hydroxylation sites is 1. The van der Waals surface area contributed by atoms with Gasteiger partial charge >= 0.3 is 0 Å². The lowest BCUT2D eigenvalue weighted by Crippen LogP contribution is -2.14. The Morgan fingerprint density at radius 3 is 2.30 bits per heavy atom. The number of hydrogen-bond donors (Lipinski definition) is 1. The zero-order valence-corrected chi connectivity index (χ0v) is 15.2. The maximum atomic E-state index is 3.55. The standard InChI is InChI=1S/C17H19Br2N/c1-17(2,3)13-6-4-5-7-16(13)20-11-12-8-9-14(18)15(19)10-12/h4-10,20H,11H2,1-3H3. The van der Waals surface area contributed by atoms with Crippen LogP contribution < -0.4 is 5.32 Å². The molecule has 0 aliphatic rings. The minimum absolute atomic E-state index is 0.143. The van der Waals surface area contributed by atoms with Crippen molar-refractivity contribution >= 4 is 37.5 Å². The van der Waals surface area contributed by atoms with Crippen LogP contribution in [0.1, 0.15) is 31.9 Å². The van der Waals surface area contributed by atoms with Crippen molar-refractivity contribution < 1.29 is 0 Å². The summed E-state index contributed by atoms with van der Waals surface area (Å²) >= 11 is 7.04. The minimum atomic E-state index is 0.143. The zero-order chi connectivity index (χ0) is 14.8. The highest BCUT2D eigenvalue weighted by Gasteiger charge is 2.17. The molecular formula is C17H19Br2N. The van der Waals surface area contributed by atoms with E-state index in [-0.39, 0.29) is 5.41 Å². The molecule has 2 aromatic rings. The average Bonchev–Trinajstić information content (AvgIpc) is 2.39. The molecule has 1 N–H and O–H groups in total. The molecule has 0 saturated heterocycles. The molecule has 0 aromatic heterocycles. The monoisotopic (exact) mass is 395 g/mol. The zero-order valence-electron chi connectivity index (χ0n) is 12.0. The fraction of sp³-hybridized carbons (Fsp3) is 0.294. The predicted molar refractivity (Wildman–Crippen MR) is 94.3 cm³/mol. The van der Waals surface area contributed by atoms with Gasteiger partial charge in [-0.25, -0.2) is 0 Å². The molecule has 0 spiro atoms. The number of anilines is 1. The number of rotatable bonds is 3.